The molecule has 0 radical (unpaired) electrons. The van der Waals surface area contributed by atoms with Crippen LogP contribution in [0.25, 0.3) is 0 Å². The van der Waals surface area contributed by atoms with Crippen molar-refractivity contribution in [2.75, 3.05) is 19.0 Å². The van der Waals surface area contributed by atoms with Crippen molar-refractivity contribution in [1.29, 1.82) is 0 Å². The van der Waals surface area contributed by atoms with Crippen LogP contribution in [0.15, 0.2) is 78.9 Å². The van der Waals surface area contributed by atoms with Crippen LogP contribution < -0.4 is 14.8 Å². The smallest absolute Gasteiger partial charge is 0.262 e. The number of benzene rings is 3. The van der Waals surface area contributed by atoms with E-state index in [9.17, 15) is 4.79 Å². The fourth-order valence-electron chi connectivity index (χ4n) is 3.07. The van der Waals surface area contributed by atoms with Gasteiger partial charge in [-0.1, -0.05) is 68.4 Å². The second-order valence-corrected chi connectivity index (χ2v) is 7.05. The van der Waals surface area contributed by atoms with E-state index in [0.717, 1.165) is 0 Å². The Labute approximate surface area is 166 Å². The molecule has 0 bridgehead atoms. The zero-order valence-electron chi connectivity index (χ0n) is 16.4. The number of para-hydroxylation sites is 2. The fourth-order valence-corrected chi connectivity index (χ4v) is 3.07. The van der Waals surface area contributed by atoms with Crippen molar-refractivity contribution in [2.24, 2.45) is 0 Å². The Morgan fingerprint density at radius 3 is 2.14 bits per heavy atom. The maximum absolute atomic E-state index is 12.2. The molecule has 0 unspecified atom stereocenters. The fraction of sp³-hybridized carbons (Fsp3) is 0.208. The Morgan fingerprint density at radius 1 is 0.857 bits per heavy atom. The van der Waals surface area contributed by atoms with Gasteiger partial charge >= 0.3 is 0 Å². The molecule has 0 spiro atoms. The van der Waals surface area contributed by atoms with Crippen LogP contribution in [0, 0.1) is 0 Å². The zero-order valence-corrected chi connectivity index (χ0v) is 16.4. The highest BCUT2D eigenvalue weighted by Gasteiger charge is 2.22. The summed E-state index contributed by atoms with van der Waals surface area (Å²) in [5.74, 6) is 1.03. The molecule has 0 aliphatic rings. The average Bonchev–Trinajstić information content (AvgIpc) is 2.73. The van der Waals surface area contributed by atoms with Crippen LogP contribution in [-0.2, 0) is 10.2 Å². The molecule has 1 N–H and O–H groups in total. The molecular formula is C24H25NO3. The predicted molar refractivity (Wildman–Crippen MR) is 112 cm³/mol. The summed E-state index contributed by atoms with van der Waals surface area (Å²) in [7, 11) is 1.57. The van der Waals surface area contributed by atoms with E-state index in [2.05, 4.69) is 43.4 Å². The van der Waals surface area contributed by atoms with E-state index < -0.39 is 0 Å². The predicted octanol–water partition coefficient (Wildman–Crippen LogP) is 5.04. The molecule has 3 rings (SSSR count). The van der Waals surface area contributed by atoms with Gasteiger partial charge in [0.2, 0.25) is 0 Å². The summed E-state index contributed by atoms with van der Waals surface area (Å²) >= 11 is 0. The Morgan fingerprint density at radius 2 is 1.46 bits per heavy atom. The van der Waals surface area contributed by atoms with Crippen molar-refractivity contribution in [3.8, 4) is 11.5 Å². The first kappa shape index (κ1) is 19.5. The van der Waals surface area contributed by atoms with Crippen molar-refractivity contribution >= 4 is 11.6 Å². The summed E-state index contributed by atoms with van der Waals surface area (Å²) in [6.07, 6.45) is 0. The number of carbonyl (C=O) groups excluding carboxylic acids is 1. The van der Waals surface area contributed by atoms with Crippen molar-refractivity contribution in [3.05, 3.63) is 90.0 Å². The van der Waals surface area contributed by atoms with E-state index in [4.69, 9.17) is 9.47 Å². The molecule has 0 aromatic heterocycles. The summed E-state index contributed by atoms with van der Waals surface area (Å²) in [5.41, 5.74) is 2.95. The molecule has 0 heterocycles. The van der Waals surface area contributed by atoms with Crippen molar-refractivity contribution < 1.29 is 14.3 Å². The number of anilines is 1. The summed E-state index contributed by atoms with van der Waals surface area (Å²) in [5, 5.41) is 2.80. The molecule has 28 heavy (non-hydrogen) atoms. The van der Waals surface area contributed by atoms with Gasteiger partial charge in [0.25, 0.3) is 5.91 Å². The zero-order chi connectivity index (χ0) is 20.0. The standard InChI is InChI=1S/C24H25NO3/c1-24(2,18-9-5-4-6-10-18)19-13-15-20(16-14-19)28-17-23(26)25-21-11-7-8-12-22(21)27-3/h4-16H,17H2,1-3H3,(H,25,26). The van der Waals surface area contributed by atoms with Gasteiger partial charge < -0.3 is 14.8 Å². The van der Waals surface area contributed by atoms with E-state index in [0.29, 0.717) is 17.2 Å². The Bertz CT molecular complexity index is 918. The molecule has 0 aliphatic heterocycles. The topological polar surface area (TPSA) is 47.6 Å². The highest BCUT2D eigenvalue weighted by atomic mass is 16.5. The van der Waals surface area contributed by atoms with Crippen LogP contribution in [0.3, 0.4) is 0 Å². The molecule has 3 aromatic rings. The summed E-state index contributed by atoms with van der Waals surface area (Å²) in [6.45, 7) is 4.32. The number of nitrogens with one attached hydrogen (secondary N) is 1. The molecule has 144 valence electrons. The van der Waals surface area contributed by atoms with Gasteiger partial charge in [-0.3, -0.25) is 4.79 Å². The number of hydrogen-bond donors (Lipinski definition) is 1. The summed E-state index contributed by atoms with van der Waals surface area (Å²) < 4.78 is 10.9. The lowest BCUT2D eigenvalue weighted by Crippen LogP contribution is -2.21. The van der Waals surface area contributed by atoms with E-state index in [1.54, 1.807) is 19.2 Å². The molecule has 0 saturated heterocycles. The second kappa shape index (κ2) is 8.61. The molecule has 0 saturated carbocycles. The third-order valence-electron chi connectivity index (χ3n) is 4.82. The van der Waals surface area contributed by atoms with Gasteiger partial charge in [0.15, 0.2) is 6.61 Å². The van der Waals surface area contributed by atoms with Crippen LogP contribution in [0.2, 0.25) is 0 Å². The highest BCUT2D eigenvalue weighted by molar-refractivity contribution is 5.93. The maximum Gasteiger partial charge on any atom is 0.262 e. The van der Waals surface area contributed by atoms with Crippen molar-refractivity contribution in [1.82, 2.24) is 0 Å². The summed E-state index contributed by atoms with van der Waals surface area (Å²) in [6, 6.07) is 25.5. The molecular weight excluding hydrogens is 350 g/mol. The minimum Gasteiger partial charge on any atom is -0.495 e. The first-order valence-electron chi connectivity index (χ1n) is 9.22. The van der Waals surface area contributed by atoms with E-state index >= 15 is 0 Å². The van der Waals surface area contributed by atoms with E-state index in [1.165, 1.54) is 11.1 Å². The number of methoxy groups -OCH3 is 1. The normalized spacial score (nSPS) is 11.0. The van der Waals surface area contributed by atoms with Gasteiger partial charge in [-0.15, -0.1) is 0 Å². The molecule has 0 aliphatic carbocycles. The van der Waals surface area contributed by atoms with Gasteiger partial charge in [0.05, 0.1) is 12.8 Å². The van der Waals surface area contributed by atoms with Gasteiger partial charge in [-0.25, -0.2) is 0 Å². The van der Waals surface area contributed by atoms with Crippen LogP contribution >= 0.6 is 0 Å². The summed E-state index contributed by atoms with van der Waals surface area (Å²) in [4.78, 5) is 12.2. The lowest BCUT2D eigenvalue weighted by Gasteiger charge is -2.26. The van der Waals surface area contributed by atoms with Crippen LogP contribution in [-0.4, -0.2) is 19.6 Å². The number of hydrogen-bond acceptors (Lipinski definition) is 3. The van der Waals surface area contributed by atoms with Crippen molar-refractivity contribution in [2.45, 2.75) is 19.3 Å². The van der Waals surface area contributed by atoms with Crippen LogP contribution in [0.5, 0.6) is 11.5 Å². The first-order chi connectivity index (χ1) is 13.5. The van der Waals surface area contributed by atoms with Crippen LogP contribution in [0.1, 0.15) is 25.0 Å². The second-order valence-electron chi connectivity index (χ2n) is 7.05. The van der Waals surface area contributed by atoms with E-state index in [1.807, 2.05) is 42.5 Å². The molecule has 0 fully saturated rings. The largest absolute Gasteiger partial charge is 0.495 e. The number of ether oxygens (including phenoxy) is 2. The molecule has 0 atom stereocenters. The highest BCUT2D eigenvalue weighted by Crippen LogP contribution is 2.32. The molecule has 4 heteroatoms. The Hall–Kier alpha value is -3.27. The van der Waals surface area contributed by atoms with Crippen molar-refractivity contribution in [3.63, 3.8) is 0 Å². The molecule has 1 amide bonds. The number of rotatable bonds is 7. The van der Waals surface area contributed by atoms with Gasteiger partial charge in [0, 0.05) is 5.41 Å². The third kappa shape index (κ3) is 4.52. The number of amides is 1. The first-order valence-corrected chi connectivity index (χ1v) is 9.22. The average molecular weight is 375 g/mol. The number of carbonyl (C=O) groups is 1. The van der Waals surface area contributed by atoms with Gasteiger partial charge in [0.1, 0.15) is 11.5 Å². The third-order valence-corrected chi connectivity index (χ3v) is 4.82. The molecule has 3 aromatic carbocycles. The minimum absolute atomic E-state index is 0.0700. The SMILES string of the molecule is COc1ccccc1NC(=O)COc1ccc(C(C)(C)c2ccccc2)cc1. The monoisotopic (exact) mass is 375 g/mol. The maximum atomic E-state index is 12.2. The molecule has 4 nitrogen and oxygen atoms in total. The minimum atomic E-state index is -0.238. The lowest BCUT2D eigenvalue weighted by molar-refractivity contribution is -0.118. The van der Waals surface area contributed by atoms with Crippen LogP contribution in [0.4, 0.5) is 5.69 Å². The van der Waals surface area contributed by atoms with Gasteiger partial charge in [-0.2, -0.15) is 0 Å². The Kier molecular flexibility index (Phi) is 5.99. The quantitative estimate of drug-likeness (QED) is 0.629. The van der Waals surface area contributed by atoms with Gasteiger partial charge in [-0.05, 0) is 35.4 Å². The Balaban J connectivity index is 1.61. The van der Waals surface area contributed by atoms with E-state index in [-0.39, 0.29) is 17.9 Å². The lowest BCUT2D eigenvalue weighted by atomic mass is 9.78.